The van der Waals surface area contributed by atoms with Crippen molar-refractivity contribution >= 4 is 11.5 Å². The number of nitrogens with two attached hydrogens (primary N) is 1. The number of anilines is 1. The second-order valence-electron chi connectivity index (χ2n) is 2.89. The molecule has 1 atom stereocenters. The predicted molar refractivity (Wildman–Crippen MR) is 53.9 cm³/mol. The summed E-state index contributed by atoms with van der Waals surface area (Å²) in [6.07, 6.45) is 0.0136. The van der Waals surface area contributed by atoms with E-state index in [9.17, 15) is 15.2 Å². The van der Waals surface area contributed by atoms with Gasteiger partial charge in [-0.2, -0.15) is 0 Å². The highest BCUT2D eigenvalue weighted by atomic mass is 16.6. The van der Waals surface area contributed by atoms with Crippen LogP contribution in [0.25, 0.3) is 0 Å². The Hall–Kier alpha value is -1.73. The monoisotopic (exact) mass is 212 g/mol. The first-order valence-electron chi connectivity index (χ1n) is 4.37. The number of aliphatic hydroxyl groups excluding tert-OH is 1. The quantitative estimate of drug-likeness (QED) is 0.372. The number of rotatable bonds is 4. The van der Waals surface area contributed by atoms with Crippen LogP contribution in [0.4, 0.5) is 11.5 Å². The predicted octanol–water partition coefficient (Wildman–Crippen LogP) is 0.172. The SMILES string of the molecule is CCNC(O)c1cc([N+](=O)[O-])cnc1N. The van der Waals surface area contributed by atoms with Crippen LogP contribution in [-0.2, 0) is 0 Å². The Morgan fingerprint density at radius 1 is 1.80 bits per heavy atom. The summed E-state index contributed by atoms with van der Waals surface area (Å²) in [5, 5.41) is 22.7. The van der Waals surface area contributed by atoms with Gasteiger partial charge in [0.25, 0.3) is 5.69 Å². The number of hydrogen-bond donors (Lipinski definition) is 3. The molecule has 0 fully saturated rings. The lowest BCUT2D eigenvalue weighted by molar-refractivity contribution is -0.385. The van der Waals surface area contributed by atoms with Gasteiger partial charge in [-0.25, -0.2) is 4.98 Å². The summed E-state index contributed by atoms with van der Waals surface area (Å²) in [5.41, 5.74) is 5.50. The first-order valence-corrected chi connectivity index (χ1v) is 4.37. The highest BCUT2D eigenvalue weighted by molar-refractivity contribution is 5.46. The third-order valence-electron chi connectivity index (χ3n) is 1.84. The standard InChI is InChI=1S/C8H12N4O3/c1-2-10-8(13)6-3-5(12(14)15)4-11-7(6)9/h3-4,8,10,13H,2H2,1H3,(H2,9,11). The van der Waals surface area contributed by atoms with E-state index in [0.29, 0.717) is 6.54 Å². The molecule has 0 aliphatic rings. The molecule has 0 aliphatic heterocycles. The van der Waals surface area contributed by atoms with Gasteiger partial charge >= 0.3 is 0 Å². The van der Waals surface area contributed by atoms with Gasteiger partial charge in [-0.3, -0.25) is 15.4 Å². The summed E-state index contributed by atoms with van der Waals surface area (Å²) in [5.74, 6) is 0.0778. The molecule has 4 N–H and O–H groups in total. The Kier molecular flexibility index (Phi) is 3.53. The Morgan fingerprint density at radius 3 is 3.00 bits per heavy atom. The lowest BCUT2D eigenvalue weighted by Crippen LogP contribution is -2.21. The molecule has 1 unspecified atom stereocenters. The molecule has 0 bridgehead atoms. The fourth-order valence-corrected chi connectivity index (χ4v) is 1.10. The lowest BCUT2D eigenvalue weighted by Gasteiger charge is -2.12. The second-order valence-corrected chi connectivity index (χ2v) is 2.89. The fourth-order valence-electron chi connectivity index (χ4n) is 1.10. The first-order chi connectivity index (χ1) is 7.06. The molecule has 1 aromatic rings. The van der Waals surface area contributed by atoms with Crippen LogP contribution >= 0.6 is 0 Å². The minimum absolute atomic E-state index is 0.0778. The van der Waals surface area contributed by atoms with Crippen LogP contribution < -0.4 is 11.1 Å². The Balaban J connectivity index is 3.04. The van der Waals surface area contributed by atoms with E-state index in [2.05, 4.69) is 10.3 Å². The zero-order valence-corrected chi connectivity index (χ0v) is 8.17. The van der Waals surface area contributed by atoms with Crippen molar-refractivity contribution in [3.63, 3.8) is 0 Å². The van der Waals surface area contributed by atoms with Crippen molar-refractivity contribution in [2.24, 2.45) is 0 Å². The Morgan fingerprint density at radius 2 is 2.47 bits per heavy atom. The van der Waals surface area contributed by atoms with Crippen LogP contribution in [0.2, 0.25) is 0 Å². The van der Waals surface area contributed by atoms with Crippen molar-refractivity contribution in [2.45, 2.75) is 13.2 Å². The maximum absolute atomic E-state index is 10.5. The van der Waals surface area contributed by atoms with E-state index >= 15 is 0 Å². The lowest BCUT2D eigenvalue weighted by atomic mass is 10.2. The van der Waals surface area contributed by atoms with E-state index in [1.807, 2.05) is 0 Å². The fraction of sp³-hybridized carbons (Fsp3) is 0.375. The highest BCUT2D eigenvalue weighted by Gasteiger charge is 2.15. The van der Waals surface area contributed by atoms with E-state index in [1.165, 1.54) is 6.07 Å². The number of aromatic nitrogens is 1. The van der Waals surface area contributed by atoms with Crippen molar-refractivity contribution < 1.29 is 10.0 Å². The van der Waals surface area contributed by atoms with Crippen LogP contribution in [-0.4, -0.2) is 21.6 Å². The second kappa shape index (κ2) is 4.67. The Labute approximate surface area is 86.1 Å². The molecule has 1 aromatic heterocycles. The molecule has 15 heavy (non-hydrogen) atoms. The van der Waals surface area contributed by atoms with E-state index in [-0.39, 0.29) is 17.1 Å². The molecule has 1 heterocycles. The maximum atomic E-state index is 10.5. The summed E-state index contributed by atoms with van der Waals surface area (Å²) in [4.78, 5) is 13.5. The van der Waals surface area contributed by atoms with Crippen molar-refractivity contribution in [3.8, 4) is 0 Å². The number of nitrogens with zero attached hydrogens (tertiary/aromatic N) is 2. The topological polar surface area (TPSA) is 114 Å². The summed E-state index contributed by atoms with van der Waals surface area (Å²) in [6.45, 7) is 2.31. The summed E-state index contributed by atoms with van der Waals surface area (Å²) < 4.78 is 0. The van der Waals surface area contributed by atoms with Crippen molar-refractivity contribution in [2.75, 3.05) is 12.3 Å². The van der Waals surface area contributed by atoms with Crippen molar-refractivity contribution in [3.05, 3.63) is 27.9 Å². The molecule has 0 aliphatic carbocycles. The van der Waals surface area contributed by atoms with Crippen LogP contribution in [0.1, 0.15) is 18.7 Å². The van der Waals surface area contributed by atoms with Crippen LogP contribution in [0, 0.1) is 10.1 Å². The average Bonchev–Trinajstić information content (AvgIpc) is 2.18. The zero-order valence-electron chi connectivity index (χ0n) is 8.17. The van der Waals surface area contributed by atoms with E-state index in [0.717, 1.165) is 6.20 Å². The van der Waals surface area contributed by atoms with E-state index in [1.54, 1.807) is 6.92 Å². The summed E-state index contributed by atoms with van der Waals surface area (Å²) in [6, 6.07) is 1.20. The third kappa shape index (κ3) is 2.61. The van der Waals surface area contributed by atoms with Gasteiger partial charge in [-0.1, -0.05) is 6.92 Å². The summed E-state index contributed by atoms with van der Waals surface area (Å²) >= 11 is 0. The minimum Gasteiger partial charge on any atom is -0.383 e. The van der Waals surface area contributed by atoms with Gasteiger partial charge in [0.05, 0.1) is 4.92 Å². The first kappa shape index (κ1) is 11.3. The molecule has 82 valence electrons. The highest BCUT2D eigenvalue weighted by Crippen LogP contribution is 2.21. The maximum Gasteiger partial charge on any atom is 0.288 e. The van der Waals surface area contributed by atoms with Gasteiger partial charge in [0, 0.05) is 11.6 Å². The van der Waals surface area contributed by atoms with Gasteiger partial charge in [0.15, 0.2) is 0 Å². The van der Waals surface area contributed by atoms with Gasteiger partial charge < -0.3 is 10.8 Å². The van der Waals surface area contributed by atoms with Gasteiger partial charge in [0.2, 0.25) is 0 Å². The zero-order chi connectivity index (χ0) is 11.4. The molecule has 7 heteroatoms. The van der Waals surface area contributed by atoms with Crippen LogP contribution in [0.15, 0.2) is 12.3 Å². The molecular weight excluding hydrogens is 200 g/mol. The summed E-state index contributed by atoms with van der Waals surface area (Å²) in [7, 11) is 0. The Bertz CT molecular complexity index is 369. The van der Waals surface area contributed by atoms with Crippen LogP contribution in [0.3, 0.4) is 0 Å². The van der Waals surface area contributed by atoms with Gasteiger partial charge in [-0.15, -0.1) is 0 Å². The number of nitro groups is 1. The number of nitrogens with one attached hydrogen (secondary N) is 1. The van der Waals surface area contributed by atoms with Gasteiger partial charge in [-0.05, 0) is 6.54 Å². The molecule has 0 spiro atoms. The molecule has 7 nitrogen and oxygen atoms in total. The third-order valence-corrected chi connectivity index (χ3v) is 1.84. The van der Waals surface area contributed by atoms with Gasteiger partial charge in [0.1, 0.15) is 18.2 Å². The molecule has 0 aromatic carbocycles. The molecular formula is C8H12N4O3. The van der Waals surface area contributed by atoms with Crippen molar-refractivity contribution in [1.29, 1.82) is 0 Å². The number of aliphatic hydroxyl groups is 1. The normalized spacial score (nSPS) is 12.4. The number of nitrogen functional groups attached to an aromatic ring is 1. The smallest absolute Gasteiger partial charge is 0.288 e. The minimum atomic E-state index is -1.04. The number of hydrogen-bond acceptors (Lipinski definition) is 6. The molecule has 0 saturated carbocycles. The van der Waals surface area contributed by atoms with E-state index < -0.39 is 11.2 Å². The molecule has 0 amide bonds. The molecule has 0 saturated heterocycles. The molecule has 0 radical (unpaired) electrons. The number of pyridine rings is 1. The largest absolute Gasteiger partial charge is 0.383 e. The average molecular weight is 212 g/mol. The van der Waals surface area contributed by atoms with Crippen molar-refractivity contribution in [1.82, 2.24) is 10.3 Å². The molecule has 1 rings (SSSR count). The van der Waals surface area contributed by atoms with Crippen LogP contribution in [0.5, 0.6) is 0 Å². The van der Waals surface area contributed by atoms with E-state index in [4.69, 9.17) is 5.73 Å².